The maximum Gasteiger partial charge on any atom is 0.190 e. The maximum atomic E-state index is 13.7. The quantitative estimate of drug-likeness (QED) is 0.781. The second-order valence-corrected chi connectivity index (χ2v) is 9.45. The summed E-state index contributed by atoms with van der Waals surface area (Å²) in [5.74, 6) is -0.252. The van der Waals surface area contributed by atoms with Crippen LogP contribution in [0.15, 0.2) is 59.5 Å². The number of hydrogen-bond donors (Lipinski definition) is 0. The molecule has 0 N–H and O–H groups in total. The zero-order valence-electron chi connectivity index (χ0n) is 13.0. The lowest BCUT2D eigenvalue weighted by molar-refractivity contribution is -0.0574. The molecule has 5 heteroatoms. The van der Waals surface area contributed by atoms with Crippen LogP contribution in [0.5, 0.6) is 0 Å². The van der Waals surface area contributed by atoms with Crippen molar-refractivity contribution >= 4 is 9.84 Å². The molecule has 4 bridgehead atoms. The van der Waals surface area contributed by atoms with Gasteiger partial charge in [0.2, 0.25) is 0 Å². The molecule has 4 heterocycles. The van der Waals surface area contributed by atoms with E-state index in [0.29, 0.717) is 4.90 Å². The molecule has 1 aromatic carbocycles. The molecule has 5 rings (SSSR count). The Balaban J connectivity index is 1.81. The van der Waals surface area contributed by atoms with E-state index in [2.05, 4.69) is 0 Å². The van der Waals surface area contributed by atoms with E-state index < -0.39 is 38.0 Å². The van der Waals surface area contributed by atoms with Crippen LogP contribution < -0.4 is 0 Å². The molecule has 2 saturated heterocycles. The lowest BCUT2D eigenvalue weighted by atomic mass is 9.65. The molecule has 0 aliphatic carbocycles. The highest BCUT2D eigenvalue weighted by Crippen LogP contribution is 2.67. The van der Waals surface area contributed by atoms with E-state index in [-0.39, 0.29) is 5.92 Å². The number of fused-ring (bicyclic) bond motifs is 9. The summed E-state index contributed by atoms with van der Waals surface area (Å²) in [6.07, 6.45) is 6.87. The van der Waals surface area contributed by atoms with Gasteiger partial charge in [-0.3, -0.25) is 0 Å². The van der Waals surface area contributed by atoms with Crippen LogP contribution in [-0.4, -0.2) is 36.6 Å². The molecular weight excluding hydrogens is 312 g/mol. The Labute approximate surface area is 135 Å². The summed E-state index contributed by atoms with van der Waals surface area (Å²) in [5.41, 5.74) is -1.22. The third-order valence-electron chi connectivity index (χ3n) is 5.97. The van der Waals surface area contributed by atoms with Crippen LogP contribution in [0.25, 0.3) is 0 Å². The molecule has 120 valence electrons. The zero-order valence-corrected chi connectivity index (χ0v) is 13.8. The molecule has 2 unspecified atom stereocenters. The maximum absolute atomic E-state index is 13.7. The van der Waals surface area contributed by atoms with Crippen molar-refractivity contribution in [2.75, 3.05) is 0 Å². The van der Waals surface area contributed by atoms with Gasteiger partial charge in [-0.25, -0.2) is 8.42 Å². The van der Waals surface area contributed by atoms with Gasteiger partial charge in [0.1, 0.15) is 17.0 Å². The average molecular weight is 330 g/mol. The summed E-state index contributed by atoms with van der Waals surface area (Å²) < 4.78 is 38.6. The van der Waals surface area contributed by atoms with Crippen molar-refractivity contribution in [1.29, 1.82) is 0 Å². The van der Waals surface area contributed by atoms with E-state index >= 15 is 0 Å². The summed E-state index contributed by atoms with van der Waals surface area (Å²) in [5, 5.41) is 0. The van der Waals surface area contributed by atoms with E-state index in [1.54, 1.807) is 24.3 Å². The minimum atomic E-state index is -3.63. The molecule has 0 spiro atoms. The number of rotatable bonds is 2. The molecule has 0 saturated carbocycles. The van der Waals surface area contributed by atoms with Gasteiger partial charge in [0.05, 0.1) is 16.1 Å². The van der Waals surface area contributed by atoms with E-state index in [0.717, 1.165) is 0 Å². The molecule has 0 amide bonds. The third kappa shape index (κ3) is 1.31. The number of hydrogen-bond acceptors (Lipinski definition) is 4. The van der Waals surface area contributed by atoms with Crippen LogP contribution in [0.3, 0.4) is 0 Å². The van der Waals surface area contributed by atoms with Crippen molar-refractivity contribution in [1.82, 2.24) is 0 Å². The summed E-state index contributed by atoms with van der Waals surface area (Å²) in [6, 6.07) is 8.67. The highest BCUT2D eigenvalue weighted by molar-refractivity contribution is 7.93. The van der Waals surface area contributed by atoms with Crippen molar-refractivity contribution in [3.63, 3.8) is 0 Å². The Morgan fingerprint density at radius 3 is 1.96 bits per heavy atom. The first-order valence-electron chi connectivity index (χ1n) is 7.89. The summed E-state index contributed by atoms with van der Waals surface area (Å²) in [7, 11) is -3.63. The SMILES string of the molecule is C[C@]12C=C[C@H](O1)C1(S(=O)(=O)c3ccccc3)C2[C@]2(C)C=C[C@H]1O2. The van der Waals surface area contributed by atoms with E-state index in [1.807, 2.05) is 44.2 Å². The van der Waals surface area contributed by atoms with E-state index in [4.69, 9.17) is 9.47 Å². The molecule has 0 aromatic heterocycles. The number of sulfone groups is 1. The largest absolute Gasteiger partial charge is 0.362 e. The van der Waals surface area contributed by atoms with Crippen molar-refractivity contribution < 1.29 is 17.9 Å². The normalized spacial score (nSPS) is 49.0. The summed E-state index contributed by atoms with van der Waals surface area (Å²) in [6.45, 7) is 3.94. The first-order valence-corrected chi connectivity index (χ1v) is 9.37. The van der Waals surface area contributed by atoms with Crippen molar-refractivity contribution in [3.8, 4) is 0 Å². The minimum Gasteiger partial charge on any atom is -0.362 e. The topological polar surface area (TPSA) is 52.6 Å². The molecule has 4 aliphatic heterocycles. The third-order valence-corrected chi connectivity index (χ3v) is 8.50. The van der Waals surface area contributed by atoms with Crippen molar-refractivity contribution in [2.45, 2.75) is 46.9 Å². The summed E-state index contributed by atoms with van der Waals surface area (Å²) in [4.78, 5) is 0.339. The molecule has 4 aliphatic rings. The van der Waals surface area contributed by atoms with Crippen molar-refractivity contribution in [3.05, 3.63) is 54.6 Å². The Morgan fingerprint density at radius 1 is 0.913 bits per heavy atom. The molecule has 1 aromatic rings. The lowest BCUT2D eigenvalue weighted by Gasteiger charge is -2.42. The summed E-state index contributed by atoms with van der Waals surface area (Å²) >= 11 is 0. The first-order chi connectivity index (χ1) is 10.8. The van der Waals surface area contributed by atoms with Gasteiger partial charge in [0.25, 0.3) is 0 Å². The zero-order chi connectivity index (χ0) is 16.1. The van der Waals surface area contributed by atoms with Gasteiger partial charge in [0, 0.05) is 5.92 Å². The molecule has 23 heavy (non-hydrogen) atoms. The number of ether oxygens (including phenoxy) is 2. The fraction of sp³-hybridized carbons (Fsp3) is 0.444. The van der Waals surface area contributed by atoms with Crippen LogP contribution in [-0.2, 0) is 19.3 Å². The van der Waals surface area contributed by atoms with Crippen molar-refractivity contribution in [2.24, 2.45) is 5.92 Å². The van der Waals surface area contributed by atoms with Crippen LogP contribution in [0, 0.1) is 5.92 Å². The molecule has 0 radical (unpaired) electrons. The van der Waals surface area contributed by atoms with E-state index in [1.165, 1.54) is 0 Å². The van der Waals surface area contributed by atoms with Gasteiger partial charge in [-0.1, -0.05) is 42.5 Å². The Kier molecular flexibility index (Phi) is 2.30. The highest BCUT2D eigenvalue weighted by Gasteiger charge is 2.81. The molecule has 2 fully saturated rings. The monoisotopic (exact) mass is 330 g/mol. The van der Waals surface area contributed by atoms with Gasteiger partial charge >= 0.3 is 0 Å². The van der Waals surface area contributed by atoms with Gasteiger partial charge in [0.15, 0.2) is 9.84 Å². The smallest absolute Gasteiger partial charge is 0.190 e. The van der Waals surface area contributed by atoms with Gasteiger partial charge < -0.3 is 9.47 Å². The Morgan fingerprint density at radius 2 is 1.43 bits per heavy atom. The van der Waals surface area contributed by atoms with Gasteiger partial charge in [-0.05, 0) is 26.0 Å². The van der Waals surface area contributed by atoms with Crippen LogP contribution in [0.2, 0.25) is 0 Å². The lowest BCUT2D eigenvalue weighted by Crippen LogP contribution is -2.60. The molecule has 4 nitrogen and oxygen atoms in total. The second-order valence-electron chi connectivity index (χ2n) is 7.27. The van der Waals surface area contributed by atoms with Gasteiger partial charge in [-0.2, -0.15) is 0 Å². The number of benzene rings is 1. The predicted molar refractivity (Wildman–Crippen MR) is 84.7 cm³/mol. The Bertz CT molecular complexity index is 822. The molecular formula is C18H18O4S. The fourth-order valence-electron chi connectivity index (χ4n) is 5.29. The first kappa shape index (κ1) is 14.0. The van der Waals surface area contributed by atoms with E-state index in [9.17, 15) is 8.42 Å². The van der Waals surface area contributed by atoms with Crippen LogP contribution >= 0.6 is 0 Å². The standard InChI is InChI=1S/C18H18O4S/c1-16-10-8-13(21-16)18(14-9-11-17(2,22-14)15(16)18)23(19,20)12-6-4-3-5-7-12/h3-11,13-15H,1-2H3/t13-,14+,15?,16+,17-,18?. The van der Waals surface area contributed by atoms with Crippen LogP contribution in [0.4, 0.5) is 0 Å². The van der Waals surface area contributed by atoms with Gasteiger partial charge in [-0.15, -0.1) is 0 Å². The average Bonchev–Trinajstić information content (AvgIpc) is 3.23. The Hall–Kier alpha value is -1.43. The predicted octanol–water partition coefficient (Wildman–Crippen LogP) is 2.27. The second kappa shape index (κ2) is 3.79. The van der Waals surface area contributed by atoms with Crippen LogP contribution in [0.1, 0.15) is 13.8 Å². The fourth-order valence-corrected chi connectivity index (χ4v) is 7.86. The highest BCUT2D eigenvalue weighted by atomic mass is 32.2. The molecule has 6 atom stereocenters. The minimum absolute atomic E-state index is 0.252.